The molecule has 0 aliphatic heterocycles. The van der Waals surface area contributed by atoms with Gasteiger partial charge in [-0.3, -0.25) is 9.10 Å². The fourth-order valence-electron chi connectivity index (χ4n) is 4.82. The summed E-state index contributed by atoms with van der Waals surface area (Å²) in [6.45, 7) is 4.35. The molecule has 0 unspecified atom stereocenters. The lowest BCUT2D eigenvalue weighted by molar-refractivity contribution is -0.114. The first-order chi connectivity index (χ1) is 18.3. The van der Waals surface area contributed by atoms with Crippen molar-refractivity contribution >= 4 is 49.1 Å². The summed E-state index contributed by atoms with van der Waals surface area (Å²) in [6, 6.07) is 27.2. The molecule has 0 atom stereocenters. The fraction of sp³-hybridized carbons (Fsp3) is 0.167. The lowest BCUT2D eigenvalue weighted by Crippen LogP contribution is -2.38. The second-order valence-electron chi connectivity index (χ2n) is 9.04. The number of methoxy groups -OCH3 is 1. The number of aryl methyl sites for hydroxylation is 2. The van der Waals surface area contributed by atoms with Gasteiger partial charge in [0.05, 0.1) is 17.7 Å². The fourth-order valence-corrected chi connectivity index (χ4v) is 6.26. The number of nitrogens with zero attached hydrogens (tertiary/aromatic N) is 2. The number of ether oxygens (including phenoxy) is 1. The third kappa shape index (κ3) is 4.59. The van der Waals surface area contributed by atoms with E-state index in [-0.39, 0.29) is 4.90 Å². The second-order valence-corrected chi connectivity index (χ2v) is 10.9. The molecular weight excluding hydrogens is 498 g/mol. The quantitative estimate of drug-likeness (QED) is 0.270. The van der Waals surface area contributed by atoms with Gasteiger partial charge in [0.1, 0.15) is 12.3 Å². The standard InChI is InChI=1S/C30H29N3O4S/c1-4-32-26-13-9-8-12-24(26)25-19-22(15-16-27(25)32)31-30(34)20-33(28-18-21(2)14-17-29(28)37-3)38(35,36)23-10-6-5-7-11-23/h5-19H,4,20H2,1-3H3,(H,31,34). The van der Waals surface area contributed by atoms with Gasteiger partial charge in [-0.1, -0.05) is 42.5 Å². The molecule has 1 amide bonds. The van der Waals surface area contributed by atoms with E-state index in [1.165, 1.54) is 19.2 Å². The van der Waals surface area contributed by atoms with Gasteiger partial charge in [-0.05, 0) is 67.9 Å². The Morgan fingerprint density at radius 3 is 2.34 bits per heavy atom. The molecule has 1 N–H and O–H groups in total. The SMILES string of the molecule is CCn1c2ccccc2c2cc(NC(=O)CN(c3cc(C)ccc3OC)S(=O)(=O)c3ccccc3)ccc21. The predicted molar refractivity (Wildman–Crippen MR) is 152 cm³/mol. The minimum Gasteiger partial charge on any atom is -0.495 e. The Morgan fingerprint density at radius 2 is 1.61 bits per heavy atom. The van der Waals surface area contributed by atoms with Crippen LogP contribution in [0.25, 0.3) is 21.8 Å². The number of hydrogen-bond donors (Lipinski definition) is 1. The number of nitrogens with one attached hydrogen (secondary N) is 1. The highest BCUT2D eigenvalue weighted by Gasteiger charge is 2.29. The third-order valence-electron chi connectivity index (χ3n) is 6.59. The van der Waals surface area contributed by atoms with Crippen LogP contribution in [0.5, 0.6) is 5.75 Å². The van der Waals surface area contributed by atoms with Gasteiger partial charge in [0.25, 0.3) is 10.0 Å². The highest BCUT2D eigenvalue weighted by Crippen LogP contribution is 2.34. The van der Waals surface area contributed by atoms with Gasteiger partial charge in [-0.15, -0.1) is 0 Å². The van der Waals surface area contributed by atoms with Crippen LogP contribution in [0.15, 0.2) is 95.9 Å². The molecule has 5 rings (SSSR count). The average molecular weight is 528 g/mol. The summed E-state index contributed by atoms with van der Waals surface area (Å²) in [4.78, 5) is 13.4. The maximum absolute atomic E-state index is 13.7. The van der Waals surface area contributed by atoms with Crippen molar-refractivity contribution in [1.29, 1.82) is 0 Å². The smallest absolute Gasteiger partial charge is 0.264 e. The molecule has 38 heavy (non-hydrogen) atoms. The van der Waals surface area contributed by atoms with Crippen molar-refractivity contribution in [2.45, 2.75) is 25.3 Å². The Hall–Kier alpha value is -4.30. The van der Waals surface area contributed by atoms with Crippen molar-refractivity contribution < 1.29 is 17.9 Å². The molecule has 8 heteroatoms. The number of hydrogen-bond acceptors (Lipinski definition) is 4. The van der Waals surface area contributed by atoms with Gasteiger partial charge in [-0.25, -0.2) is 8.42 Å². The van der Waals surface area contributed by atoms with Crippen LogP contribution in [0.3, 0.4) is 0 Å². The minimum atomic E-state index is -4.07. The lowest BCUT2D eigenvalue weighted by atomic mass is 10.1. The van der Waals surface area contributed by atoms with E-state index in [0.29, 0.717) is 17.1 Å². The molecule has 0 radical (unpaired) electrons. The molecule has 0 saturated heterocycles. The number of para-hydroxylation sites is 1. The Labute approximate surface area is 222 Å². The Bertz CT molecular complexity index is 1740. The number of amides is 1. The first-order valence-corrected chi connectivity index (χ1v) is 13.8. The summed E-state index contributed by atoms with van der Waals surface area (Å²) in [5.41, 5.74) is 3.93. The highest BCUT2D eigenvalue weighted by molar-refractivity contribution is 7.92. The van der Waals surface area contributed by atoms with Gasteiger partial charge < -0.3 is 14.6 Å². The molecule has 0 spiro atoms. The summed E-state index contributed by atoms with van der Waals surface area (Å²) in [6.07, 6.45) is 0. The van der Waals surface area contributed by atoms with Crippen LogP contribution >= 0.6 is 0 Å². The van der Waals surface area contributed by atoms with E-state index in [1.54, 1.807) is 30.3 Å². The third-order valence-corrected chi connectivity index (χ3v) is 8.37. The molecule has 0 aliphatic rings. The Balaban J connectivity index is 1.52. The van der Waals surface area contributed by atoms with Crippen LogP contribution in [-0.4, -0.2) is 32.5 Å². The Morgan fingerprint density at radius 1 is 0.895 bits per heavy atom. The van der Waals surface area contributed by atoms with Gasteiger partial charge in [0, 0.05) is 34.0 Å². The summed E-state index contributed by atoms with van der Waals surface area (Å²) >= 11 is 0. The number of carbonyl (C=O) groups is 1. The van der Waals surface area contributed by atoms with Crippen LogP contribution in [0.2, 0.25) is 0 Å². The summed E-state index contributed by atoms with van der Waals surface area (Å²) in [5, 5.41) is 5.02. The molecule has 0 saturated carbocycles. The zero-order valence-electron chi connectivity index (χ0n) is 21.5. The van der Waals surface area contributed by atoms with E-state index in [0.717, 1.165) is 38.2 Å². The maximum Gasteiger partial charge on any atom is 0.264 e. The second kappa shape index (κ2) is 10.2. The molecular formula is C30H29N3O4S. The first kappa shape index (κ1) is 25.4. The monoisotopic (exact) mass is 527 g/mol. The van der Waals surface area contributed by atoms with E-state index in [2.05, 4.69) is 28.9 Å². The average Bonchev–Trinajstić information content (AvgIpc) is 3.25. The van der Waals surface area contributed by atoms with Crippen LogP contribution in [-0.2, 0) is 21.4 Å². The normalized spacial score (nSPS) is 11.6. The number of benzene rings is 4. The number of rotatable bonds is 8. The van der Waals surface area contributed by atoms with Crippen molar-refractivity contribution in [1.82, 2.24) is 4.57 Å². The van der Waals surface area contributed by atoms with E-state index in [1.807, 2.05) is 43.3 Å². The van der Waals surface area contributed by atoms with E-state index >= 15 is 0 Å². The molecule has 194 valence electrons. The maximum atomic E-state index is 13.7. The molecule has 5 aromatic rings. The van der Waals surface area contributed by atoms with Gasteiger partial charge in [-0.2, -0.15) is 0 Å². The molecule has 7 nitrogen and oxygen atoms in total. The van der Waals surface area contributed by atoms with Crippen LogP contribution in [0, 0.1) is 6.92 Å². The molecule has 0 fully saturated rings. The van der Waals surface area contributed by atoms with E-state index in [4.69, 9.17) is 4.74 Å². The van der Waals surface area contributed by atoms with Crippen molar-refractivity contribution in [2.75, 3.05) is 23.3 Å². The van der Waals surface area contributed by atoms with Crippen LogP contribution in [0.1, 0.15) is 12.5 Å². The molecule has 0 bridgehead atoms. The number of carbonyl (C=O) groups excluding carboxylic acids is 1. The van der Waals surface area contributed by atoms with Crippen LogP contribution < -0.4 is 14.4 Å². The van der Waals surface area contributed by atoms with Crippen molar-refractivity contribution in [3.8, 4) is 5.75 Å². The van der Waals surface area contributed by atoms with Gasteiger partial charge >= 0.3 is 0 Å². The molecule has 0 aliphatic carbocycles. The Kier molecular flexibility index (Phi) is 6.82. The molecule has 4 aromatic carbocycles. The van der Waals surface area contributed by atoms with E-state index in [9.17, 15) is 13.2 Å². The summed E-state index contributed by atoms with van der Waals surface area (Å²) < 4.78 is 36.3. The lowest BCUT2D eigenvalue weighted by Gasteiger charge is -2.26. The van der Waals surface area contributed by atoms with Crippen LogP contribution in [0.4, 0.5) is 11.4 Å². The van der Waals surface area contributed by atoms with E-state index < -0.39 is 22.5 Å². The highest BCUT2D eigenvalue weighted by atomic mass is 32.2. The van der Waals surface area contributed by atoms with Gasteiger partial charge in [0.15, 0.2) is 0 Å². The number of fused-ring (bicyclic) bond motifs is 3. The largest absolute Gasteiger partial charge is 0.495 e. The molecule has 1 aromatic heterocycles. The topological polar surface area (TPSA) is 80.6 Å². The molecule has 1 heterocycles. The number of aromatic nitrogens is 1. The predicted octanol–water partition coefficient (Wildman–Crippen LogP) is 5.97. The van der Waals surface area contributed by atoms with Crippen molar-refractivity contribution in [3.05, 3.63) is 96.6 Å². The summed E-state index contributed by atoms with van der Waals surface area (Å²) in [5.74, 6) is -0.108. The van der Waals surface area contributed by atoms with Crippen molar-refractivity contribution in [3.63, 3.8) is 0 Å². The first-order valence-electron chi connectivity index (χ1n) is 12.4. The summed E-state index contributed by atoms with van der Waals surface area (Å²) in [7, 11) is -2.59. The minimum absolute atomic E-state index is 0.0881. The number of sulfonamides is 1. The zero-order chi connectivity index (χ0) is 26.9. The van der Waals surface area contributed by atoms with Gasteiger partial charge in [0.2, 0.25) is 5.91 Å². The van der Waals surface area contributed by atoms with Crippen molar-refractivity contribution in [2.24, 2.45) is 0 Å². The zero-order valence-corrected chi connectivity index (χ0v) is 22.3. The number of anilines is 2.